The monoisotopic (exact) mass is 387 g/mol. The summed E-state index contributed by atoms with van der Waals surface area (Å²) in [6.45, 7) is 0. The number of nitrogen functional groups attached to an aromatic ring is 1. The van der Waals surface area contributed by atoms with Crippen molar-refractivity contribution in [1.82, 2.24) is 15.1 Å². The van der Waals surface area contributed by atoms with Crippen molar-refractivity contribution in [3.05, 3.63) is 102 Å². The van der Waals surface area contributed by atoms with E-state index in [2.05, 4.69) is 20.4 Å². The van der Waals surface area contributed by atoms with Crippen LogP contribution in [0.15, 0.2) is 89.8 Å². The Kier molecular flexibility index (Phi) is 5.49. The van der Waals surface area contributed by atoms with Gasteiger partial charge >= 0.3 is 0 Å². The van der Waals surface area contributed by atoms with E-state index in [0.29, 0.717) is 23.0 Å². The predicted octanol–water partition coefficient (Wildman–Crippen LogP) is 3.72. The molecule has 4 aromatic rings. The number of hydrogen-bond acceptors (Lipinski definition) is 7. The van der Waals surface area contributed by atoms with Gasteiger partial charge in [-0.25, -0.2) is 4.98 Å². The van der Waals surface area contributed by atoms with Gasteiger partial charge < -0.3 is 20.7 Å². The Hall–Kier alpha value is -3.71. The number of aromatic nitrogens is 3. The molecule has 0 fully saturated rings. The van der Waals surface area contributed by atoms with Crippen LogP contribution in [0.2, 0.25) is 0 Å². The lowest BCUT2D eigenvalue weighted by molar-refractivity contribution is 0.124. The number of nitrogens with two attached hydrogens (primary N) is 1. The molecule has 0 bridgehead atoms. The van der Waals surface area contributed by atoms with E-state index in [1.807, 2.05) is 60.7 Å². The first-order chi connectivity index (χ1) is 14.2. The number of anilines is 2. The van der Waals surface area contributed by atoms with Crippen LogP contribution < -0.4 is 11.1 Å². The van der Waals surface area contributed by atoms with Gasteiger partial charge in [0.1, 0.15) is 29.7 Å². The molecule has 4 N–H and O–H groups in total. The van der Waals surface area contributed by atoms with E-state index in [9.17, 15) is 5.11 Å². The molecule has 0 aliphatic heterocycles. The van der Waals surface area contributed by atoms with Crippen LogP contribution in [0, 0.1) is 0 Å². The van der Waals surface area contributed by atoms with Crippen LogP contribution in [-0.2, 0) is 0 Å². The van der Waals surface area contributed by atoms with E-state index in [4.69, 9.17) is 10.3 Å². The maximum Gasteiger partial charge on any atom is 0.128 e. The zero-order valence-electron chi connectivity index (χ0n) is 15.6. The van der Waals surface area contributed by atoms with Gasteiger partial charge in [-0.2, -0.15) is 0 Å². The van der Waals surface area contributed by atoms with Crippen LogP contribution in [0.1, 0.15) is 35.0 Å². The van der Waals surface area contributed by atoms with Crippen molar-refractivity contribution < 1.29 is 9.63 Å². The molecular weight excluding hydrogens is 366 g/mol. The van der Waals surface area contributed by atoms with E-state index < -0.39 is 12.0 Å². The summed E-state index contributed by atoms with van der Waals surface area (Å²) in [5.74, 6) is 0.548. The van der Waals surface area contributed by atoms with Crippen LogP contribution in [0.5, 0.6) is 0 Å². The Morgan fingerprint density at radius 3 is 2.41 bits per heavy atom. The summed E-state index contributed by atoms with van der Waals surface area (Å²) < 4.78 is 4.96. The molecule has 3 heterocycles. The second kappa shape index (κ2) is 8.53. The number of hydrogen-bond donors (Lipinski definition) is 3. The second-order valence-corrected chi connectivity index (χ2v) is 6.63. The van der Waals surface area contributed by atoms with Crippen molar-refractivity contribution in [1.29, 1.82) is 0 Å². The van der Waals surface area contributed by atoms with Gasteiger partial charge in [0.05, 0.1) is 12.0 Å². The molecule has 3 atom stereocenters. The summed E-state index contributed by atoms with van der Waals surface area (Å²) in [5, 5.41) is 18.6. The Balaban J connectivity index is 1.81. The number of benzene rings is 1. The van der Waals surface area contributed by atoms with Gasteiger partial charge in [0.2, 0.25) is 0 Å². The Morgan fingerprint density at radius 2 is 1.72 bits per heavy atom. The van der Waals surface area contributed by atoms with Crippen molar-refractivity contribution in [2.75, 3.05) is 11.1 Å². The normalized spacial score (nSPS) is 14.1. The third-order valence-corrected chi connectivity index (χ3v) is 4.72. The number of nitrogens with one attached hydrogen (secondary N) is 1. The highest BCUT2D eigenvalue weighted by atomic mass is 16.5. The van der Waals surface area contributed by atoms with Crippen molar-refractivity contribution in [3.63, 3.8) is 0 Å². The highest BCUT2D eigenvalue weighted by Crippen LogP contribution is 2.41. The molecule has 0 amide bonds. The molecule has 0 aliphatic carbocycles. The second-order valence-electron chi connectivity index (χ2n) is 6.63. The number of pyridine rings is 2. The fraction of sp³-hybridized carbons (Fsp3) is 0.136. The minimum Gasteiger partial charge on any atom is -0.386 e. The van der Waals surface area contributed by atoms with Crippen molar-refractivity contribution in [2.24, 2.45) is 0 Å². The van der Waals surface area contributed by atoms with E-state index in [0.717, 1.165) is 5.56 Å². The van der Waals surface area contributed by atoms with Crippen LogP contribution in [0.3, 0.4) is 0 Å². The standard InChI is InChI=1S/C22H21N5O2/c23-18-10-6-11-19(25-18)26-21(15-7-2-1-3-8-15)20(16-9-4-5-13-24-16)22(28)17-12-14-29-27-17/h1-14,20-22,28H,(H3,23,25,26). The van der Waals surface area contributed by atoms with Crippen LogP contribution >= 0.6 is 0 Å². The molecule has 0 aliphatic rings. The molecule has 7 heteroatoms. The molecule has 146 valence electrons. The summed E-state index contributed by atoms with van der Waals surface area (Å²) in [6, 6.07) is 22.2. The van der Waals surface area contributed by atoms with E-state index in [1.54, 1.807) is 18.3 Å². The number of aliphatic hydroxyl groups excluding tert-OH is 1. The molecular formula is C22H21N5O2. The molecule has 3 unspecified atom stereocenters. The summed E-state index contributed by atoms with van der Waals surface area (Å²) in [5.41, 5.74) is 7.98. The number of rotatable bonds is 7. The van der Waals surface area contributed by atoms with Crippen molar-refractivity contribution >= 4 is 11.6 Å². The molecule has 0 saturated heterocycles. The van der Waals surface area contributed by atoms with Crippen LogP contribution in [0.25, 0.3) is 0 Å². The average Bonchev–Trinajstić information content (AvgIpc) is 3.30. The quantitative estimate of drug-likeness (QED) is 0.443. The molecule has 0 spiro atoms. The molecule has 7 nitrogen and oxygen atoms in total. The smallest absolute Gasteiger partial charge is 0.128 e. The molecule has 3 aromatic heterocycles. The van der Waals surface area contributed by atoms with Gasteiger partial charge in [0.25, 0.3) is 0 Å². The lowest BCUT2D eigenvalue weighted by Gasteiger charge is -2.31. The predicted molar refractivity (Wildman–Crippen MR) is 110 cm³/mol. The summed E-state index contributed by atoms with van der Waals surface area (Å²) in [6.07, 6.45) is 2.19. The Morgan fingerprint density at radius 1 is 0.897 bits per heavy atom. The minimum atomic E-state index is -0.956. The largest absolute Gasteiger partial charge is 0.386 e. The zero-order valence-corrected chi connectivity index (χ0v) is 15.6. The average molecular weight is 387 g/mol. The fourth-order valence-electron chi connectivity index (χ4n) is 3.38. The van der Waals surface area contributed by atoms with Crippen molar-refractivity contribution in [2.45, 2.75) is 18.1 Å². The molecule has 4 rings (SSSR count). The van der Waals surface area contributed by atoms with Crippen LogP contribution in [-0.4, -0.2) is 20.2 Å². The van der Waals surface area contributed by atoms with Gasteiger partial charge in [0.15, 0.2) is 0 Å². The van der Waals surface area contributed by atoms with E-state index >= 15 is 0 Å². The summed E-state index contributed by atoms with van der Waals surface area (Å²) >= 11 is 0. The SMILES string of the molecule is Nc1cccc(NC(c2ccccc2)C(c2ccccn2)C(O)c2ccon2)n1. The van der Waals surface area contributed by atoms with Gasteiger partial charge in [-0.1, -0.05) is 47.6 Å². The van der Waals surface area contributed by atoms with Crippen molar-refractivity contribution in [3.8, 4) is 0 Å². The third kappa shape index (κ3) is 4.25. The van der Waals surface area contributed by atoms with Gasteiger partial charge in [-0.15, -0.1) is 0 Å². The maximum atomic E-state index is 11.2. The van der Waals surface area contributed by atoms with E-state index in [-0.39, 0.29) is 6.04 Å². The minimum absolute atomic E-state index is 0.355. The van der Waals surface area contributed by atoms with Crippen LogP contribution in [0.4, 0.5) is 11.6 Å². The summed E-state index contributed by atoms with van der Waals surface area (Å²) in [7, 11) is 0. The Labute approximate surface area is 168 Å². The molecule has 1 aromatic carbocycles. The lowest BCUT2D eigenvalue weighted by Crippen LogP contribution is -2.26. The lowest BCUT2D eigenvalue weighted by atomic mass is 9.84. The van der Waals surface area contributed by atoms with E-state index in [1.165, 1.54) is 6.26 Å². The highest BCUT2D eigenvalue weighted by Gasteiger charge is 2.34. The maximum absolute atomic E-state index is 11.2. The topological polar surface area (TPSA) is 110 Å². The molecule has 0 saturated carbocycles. The first kappa shape index (κ1) is 18.6. The van der Waals surface area contributed by atoms with Gasteiger partial charge in [-0.3, -0.25) is 4.98 Å². The van der Waals surface area contributed by atoms with Gasteiger partial charge in [-0.05, 0) is 29.8 Å². The first-order valence-corrected chi connectivity index (χ1v) is 9.25. The Bertz CT molecular complexity index is 1030. The summed E-state index contributed by atoms with van der Waals surface area (Å²) in [4.78, 5) is 8.88. The number of nitrogens with zero attached hydrogens (tertiary/aromatic N) is 3. The first-order valence-electron chi connectivity index (χ1n) is 9.25. The zero-order chi connectivity index (χ0) is 20.1. The fourth-order valence-corrected chi connectivity index (χ4v) is 3.38. The highest BCUT2D eigenvalue weighted by molar-refractivity contribution is 5.46. The third-order valence-electron chi connectivity index (χ3n) is 4.72. The van der Waals surface area contributed by atoms with Gasteiger partial charge in [0, 0.05) is 18.0 Å². The molecule has 29 heavy (non-hydrogen) atoms. The number of aliphatic hydroxyl groups is 1. The molecule has 0 radical (unpaired) electrons.